The Morgan fingerprint density at radius 3 is 2.38 bits per heavy atom. The molecule has 0 aromatic heterocycles. The number of allylic oxidation sites excluding steroid dienone is 1. The van der Waals surface area contributed by atoms with Crippen LogP contribution < -0.4 is 10.2 Å². The molecule has 9 heteroatoms. The summed E-state index contributed by atoms with van der Waals surface area (Å²) in [6, 6.07) is 12.0. The van der Waals surface area contributed by atoms with Crippen LogP contribution in [0.15, 0.2) is 58.1 Å². The first kappa shape index (κ1) is 24.0. The molecule has 2 aromatic rings. The van der Waals surface area contributed by atoms with E-state index in [9.17, 15) is 14.4 Å². The monoisotopic (exact) mass is 499 g/mol. The van der Waals surface area contributed by atoms with Crippen LogP contribution in [0.5, 0.6) is 5.75 Å². The molecule has 1 aliphatic heterocycles. The van der Waals surface area contributed by atoms with Crippen molar-refractivity contribution in [1.29, 1.82) is 0 Å². The van der Waals surface area contributed by atoms with Gasteiger partial charge >= 0.3 is 0 Å². The van der Waals surface area contributed by atoms with E-state index in [2.05, 4.69) is 10.5 Å². The summed E-state index contributed by atoms with van der Waals surface area (Å²) in [5.41, 5.74) is 4.39. The number of fused-ring (bicyclic) bond motifs is 1. The van der Waals surface area contributed by atoms with Crippen molar-refractivity contribution in [2.24, 2.45) is 22.4 Å². The first-order chi connectivity index (χ1) is 16.1. The van der Waals surface area contributed by atoms with Crippen LogP contribution >= 0.6 is 23.2 Å². The molecule has 1 heterocycles. The first-order valence-corrected chi connectivity index (χ1v) is 11.4. The zero-order valence-corrected chi connectivity index (χ0v) is 20.4. The van der Waals surface area contributed by atoms with Gasteiger partial charge in [-0.1, -0.05) is 49.2 Å². The van der Waals surface area contributed by atoms with Crippen LogP contribution in [0.25, 0.3) is 0 Å². The second-order valence-electron chi connectivity index (χ2n) is 8.83. The summed E-state index contributed by atoms with van der Waals surface area (Å²) in [7, 11) is 1.52. The maximum Gasteiger partial charge on any atom is 0.261 e. The van der Waals surface area contributed by atoms with Crippen LogP contribution in [-0.4, -0.2) is 35.9 Å². The highest BCUT2D eigenvalue weighted by atomic mass is 35.5. The van der Waals surface area contributed by atoms with Gasteiger partial charge < -0.3 is 4.74 Å². The number of carbonyl (C=O) groups excluding carboxylic acids is 3. The van der Waals surface area contributed by atoms with E-state index in [0.717, 1.165) is 0 Å². The van der Waals surface area contributed by atoms with Crippen molar-refractivity contribution >= 4 is 47.1 Å². The molecule has 0 bridgehead atoms. The zero-order chi connectivity index (χ0) is 24.6. The van der Waals surface area contributed by atoms with E-state index in [1.165, 1.54) is 18.2 Å². The lowest BCUT2D eigenvalue weighted by atomic mass is 10.1. The molecule has 0 spiro atoms. The number of nitrogens with zero attached hydrogens (tertiary/aromatic N) is 2. The maximum atomic E-state index is 12.7. The van der Waals surface area contributed by atoms with E-state index in [0.29, 0.717) is 28.0 Å². The fourth-order valence-electron chi connectivity index (χ4n) is 4.42. The van der Waals surface area contributed by atoms with Crippen LogP contribution in [0, 0.1) is 17.3 Å². The SMILES string of the molecule is COc1ccc(/C=N/NC(=O)C2C(C=C(Cl)Cl)C2(C)C)cc1CN1C(=O)c2ccccc2C1=O. The molecule has 2 aromatic carbocycles. The molecule has 1 aliphatic carbocycles. The molecular formula is C25H23Cl2N3O4. The Balaban J connectivity index is 1.47. The Morgan fingerprint density at radius 2 is 1.79 bits per heavy atom. The minimum absolute atomic E-state index is 0.0486. The number of benzene rings is 2. The van der Waals surface area contributed by atoms with Crippen molar-refractivity contribution in [2.75, 3.05) is 7.11 Å². The minimum atomic E-state index is -0.346. The fraction of sp³-hybridized carbons (Fsp3) is 0.280. The number of hydrogen-bond donors (Lipinski definition) is 1. The van der Waals surface area contributed by atoms with Crippen LogP contribution in [0.3, 0.4) is 0 Å². The molecule has 1 fully saturated rings. The van der Waals surface area contributed by atoms with E-state index >= 15 is 0 Å². The van der Waals surface area contributed by atoms with E-state index in [1.807, 2.05) is 13.8 Å². The van der Waals surface area contributed by atoms with E-state index in [-0.39, 0.29) is 46.0 Å². The van der Waals surface area contributed by atoms with Crippen LogP contribution in [0.2, 0.25) is 0 Å². The molecule has 0 radical (unpaired) electrons. The lowest BCUT2D eigenvalue weighted by molar-refractivity contribution is -0.123. The third-order valence-corrected chi connectivity index (χ3v) is 6.65. The predicted octanol–water partition coefficient (Wildman–Crippen LogP) is 4.53. The van der Waals surface area contributed by atoms with Crippen molar-refractivity contribution in [3.05, 3.63) is 75.3 Å². The fourth-order valence-corrected chi connectivity index (χ4v) is 4.69. The largest absolute Gasteiger partial charge is 0.496 e. The normalized spacial score (nSPS) is 20.3. The number of halogens is 2. The van der Waals surface area contributed by atoms with Crippen molar-refractivity contribution < 1.29 is 19.1 Å². The summed E-state index contributed by atoms with van der Waals surface area (Å²) in [5, 5.41) is 4.07. The average molecular weight is 500 g/mol. The van der Waals surface area contributed by atoms with E-state index in [1.54, 1.807) is 48.5 Å². The lowest BCUT2D eigenvalue weighted by Crippen LogP contribution is -2.29. The molecule has 176 valence electrons. The number of ether oxygens (including phenoxy) is 1. The molecular weight excluding hydrogens is 477 g/mol. The maximum absolute atomic E-state index is 12.7. The average Bonchev–Trinajstić information content (AvgIpc) is 3.25. The van der Waals surface area contributed by atoms with Crippen LogP contribution in [-0.2, 0) is 11.3 Å². The third kappa shape index (κ3) is 4.45. The Hall–Kier alpha value is -3.16. The van der Waals surface area contributed by atoms with Gasteiger partial charge in [0.15, 0.2) is 0 Å². The molecule has 2 aliphatic rings. The molecule has 1 saturated carbocycles. The second kappa shape index (κ2) is 9.24. The minimum Gasteiger partial charge on any atom is -0.496 e. The molecule has 34 heavy (non-hydrogen) atoms. The number of rotatable bonds is 7. The van der Waals surface area contributed by atoms with Gasteiger partial charge in [-0.2, -0.15) is 5.10 Å². The van der Waals surface area contributed by atoms with Crippen LogP contribution in [0.1, 0.15) is 45.7 Å². The summed E-state index contributed by atoms with van der Waals surface area (Å²) in [5.74, 6) is -0.720. The van der Waals surface area contributed by atoms with Crippen LogP contribution in [0.4, 0.5) is 0 Å². The molecule has 0 saturated heterocycles. The Bertz CT molecular complexity index is 1200. The molecule has 7 nitrogen and oxygen atoms in total. The Labute approximate surface area is 207 Å². The summed E-state index contributed by atoms with van der Waals surface area (Å²) in [6.45, 7) is 3.98. The van der Waals surface area contributed by atoms with Gasteiger partial charge in [0.1, 0.15) is 10.2 Å². The zero-order valence-electron chi connectivity index (χ0n) is 18.8. The van der Waals surface area contributed by atoms with Gasteiger partial charge in [0.25, 0.3) is 11.8 Å². The van der Waals surface area contributed by atoms with Crippen molar-refractivity contribution in [1.82, 2.24) is 10.3 Å². The number of carbonyl (C=O) groups is 3. The first-order valence-electron chi connectivity index (χ1n) is 10.6. The van der Waals surface area contributed by atoms with Gasteiger partial charge in [-0.15, -0.1) is 0 Å². The summed E-state index contributed by atoms with van der Waals surface area (Å²) in [6.07, 6.45) is 3.17. The van der Waals surface area contributed by atoms with Gasteiger partial charge in [0.2, 0.25) is 5.91 Å². The smallest absolute Gasteiger partial charge is 0.261 e. The Kier molecular flexibility index (Phi) is 6.51. The van der Waals surface area contributed by atoms with Gasteiger partial charge in [-0.25, -0.2) is 5.43 Å². The molecule has 3 amide bonds. The lowest BCUT2D eigenvalue weighted by Gasteiger charge is -2.16. The molecule has 1 N–H and O–H groups in total. The highest BCUT2D eigenvalue weighted by Gasteiger charge is 2.60. The van der Waals surface area contributed by atoms with Gasteiger partial charge in [-0.05, 0) is 53.3 Å². The third-order valence-electron chi connectivity index (χ3n) is 6.40. The second-order valence-corrected chi connectivity index (χ2v) is 9.84. The highest BCUT2D eigenvalue weighted by Crippen LogP contribution is 2.59. The number of nitrogens with one attached hydrogen (secondary N) is 1. The molecule has 4 rings (SSSR count). The number of hydrogen-bond acceptors (Lipinski definition) is 5. The number of amides is 3. The summed E-state index contributed by atoms with van der Waals surface area (Å²) >= 11 is 11.5. The predicted molar refractivity (Wildman–Crippen MR) is 130 cm³/mol. The van der Waals surface area contributed by atoms with Crippen molar-refractivity contribution in [2.45, 2.75) is 20.4 Å². The number of hydrazone groups is 1. The Morgan fingerprint density at radius 1 is 1.15 bits per heavy atom. The quantitative estimate of drug-likeness (QED) is 0.344. The molecule has 2 atom stereocenters. The van der Waals surface area contributed by atoms with E-state index < -0.39 is 0 Å². The van der Waals surface area contributed by atoms with E-state index in [4.69, 9.17) is 27.9 Å². The summed E-state index contributed by atoms with van der Waals surface area (Å²) < 4.78 is 5.56. The number of methoxy groups -OCH3 is 1. The van der Waals surface area contributed by atoms with Gasteiger partial charge in [0, 0.05) is 5.56 Å². The summed E-state index contributed by atoms with van der Waals surface area (Å²) in [4.78, 5) is 39.2. The standard InChI is InChI=1S/C25H23Cl2N3O4/c1-25(2)18(11-20(26)27)21(25)22(31)29-28-12-14-8-9-19(34-3)15(10-14)13-30-23(32)16-6-4-5-7-17(16)24(30)33/h4-12,18,21H,13H2,1-3H3,(H,29,31)/b28-12+. The molecule has 2 unspecified atom stereocenters. The van der Waals surface area contributed by atoms with Crippen molar-refractivity contribution in [3.8, 4) is 5.75 Å². The van der Waals surface area contributed by atoms with Gasteiger partial charge in [0.05, 0.1) is 36.9 Å². The topological polar surface area (TPSA) is 88.1 Å². The highest BCUT2D eigenvalue weighted by molar-refractivity contribution is 6.55. The number of imide groups is 1. The van der Waals surface area contributed by atoms with Gasteiger partial charge in [-0.3, -0.25) is 19.3 Å². The van der Waals surface area contributed by atoms with Crippen molar-refractivity contribution in [3.63, 3.8) is 0 Å².